The molecule has 1 fully saturated rings. The number of carbonyl (C=O) groups excluding carboxylic acids is 2. The molecular formula is C20H25N3O3. The van der Waals surface area contributed by atoms with Crippen molar-refractivity contribution in [3.63, 3.8) is 0 Å². The summed E-state index contributed by atoms with van der Waals surface area (Å²) < 4.78 is 7.09. The van der Waals surface area contributed by atoms with Crippen LogP contribution in [0.5, 0.6) is 5.75 Å². The van der Waals surface area contributed by atoms with Crippen molar-refractivity contribution in [3.05, 3.63) is 53.9 Å². The molecule has 1 aliphatic rings. The fourth-order valence-electron chi connectivity index (χ4n) is 3.25. The minimum Gasteiger partial charge on any atom is -0.497 e. The molecule has 0 aliphatic carbocycles. The van der Waals surface area contributed by atoms with E-state index in [1.165, 1.54) is 0 Å². The van der Waals surface area contributed by atoms with E-state index in [4.69, 9.17) is 4.74 Å². The van der Waals surface area contributed by atoms with Crippen LogP contribution in [-0.2, 0) is 18.3 Å². The third-order valence-electron chi connectivity index (χ3n) is 4.70. The maximum atomic E-state index is 12.6. The van der Waals surface area contributed by atoms with E-state index < -0.39 is 0 Å². The Labute approximate surface area is 154 Å². The minimum absolute atomic E-state index is 0.0349. The van der Waals surface area contributed by atoms with E-state index in [2.05, 4.69) is 0 Å². The average Bonchev–Trinajstić information content (AvgIpc) is 2.93. The summed E-state index contributed by atoms with van der Waals surface area (Å²) in [5.41, 5.74) is 1.64. The number of aryl methyl sites for hydroxylation is 1. The highest BCUT2D eigenvalue weighted by Crippen LogP contribution is 2.15. The third-order valence-corrected chi connectivity index (χ3v) is 4.70. The molecule has 0 atom stereocenters. The van der Waals surface area contributed by atoms with Gasteiger partial charge in [-0.05, 0) is 30.2 Å². The zero-order valence-electron chi connectivity index (χ0n) is 15.4. The van der Waals surface area contributed by atoms with E-state index in [9.17, 15) is 9.59 Å². The first-order chi connectivity index (χ1) is 12.6. The highest BCUT2D eigenvalue weighted by molar-refractivity contribution is 5.94. The van der Waals surface area contributed by atoms with Crippen LogP contribution < -0.4 is 4.74 Å². The van der Waals surface area contributed by atoms with Crippen molar-refractivity contribution in [1.29, 1.82) is 0 Å². The Morgan fingerprint density at radius 3 is 2.58 bits per heavy atom. The zero-order chi connectivity index (χ0) is 18.5. The molecule has 1 aromatic carbocycles. The minimum atomic E-state index is 0.0349. The SMILES string of the molecule is COc1cccc(CC(=O)N2CCCN(C(=O)c3ccn(C)c3)CC2)c1. The van der Waals surface area contributed by atoms with Crippen LogP contribution in [0.15, 0.2) is 42.7 Å². The average molecular weight is 355 g/mol. The van der Waals surface area contributed by atoms with Gasteiger partial charge in [-0.3, -0.25) is 9.59 Å². The van der Waals surface area contributed by atoms with E-state index >= 15 is 0 Å². The summed E-state index contributed by atoms with van der Waals surface area (Å²) in [4.78, 5) is 28.9. The van der Waals surface area contributed by atoms with E-state index in [1.54, 1.807) is 7.11 Å². The molecule has 1 saturated heterocycles. The molecule has 26 heavy (non-hydrogen) atoms. The predicted octanol–water partition coefficient (Wildman–Crippen LogP) is 1.95. The van der Waals surface area contributed by atoms with Crippen molar-refractivity contribution in [1.82, 2.24) is 14.4 Å². The Hall–Kier alpha value is -2.76. The number of hydrogen-bond donors (Lipinski definition) is 0. The van der Waals surface area contributed by atoms with E-state index in [-0.39, 0.29) is 11.8 Å². The summed E-state index contributed by atoms with van der Waals surface area (Å²) in [5, 5.41) is 0. The normalized spacial score (nSPS) is 14.8. The number of nitrogens with zero attached hydrogens (tertiary/aromatic N) is 3. The van der Waals surface area contributed by atoms with Gasteiger partial charge >= 0.3 is 0 Å². The van der Waals surface area contributed by atoms with Crippen LogP contribution in [-0.4, -0.2) is 59.5 Å². The topological polar surface area (TPSA) is 54.8 Å². The largest absolute Gasteiger partial charge is 0.497 e. The van der Waals surface area contributed by atoms with Gasteiger partial charge < -0.3 is 19.1 Å². The molecule has 0 saturated carbocycles. The smallest absolute Gasteiger partial charge is 0.255 e. The highest BCUT2D eigenvalue weighted by atomic mass is 16.5. The molecule has 3 rings (SSSR count). The number of carbonyl (C=O) groups is 2. The summed E-state index contributed by atoms with van der Waals surface area (Å²) in [5.74, 6) is 0.880. The highest BCUT2D eigenvalue weighted by Gasteiger charge is 2.23. The molecule has 0 N–H and O–H groups in total. The zero-order valence-corrected chi connectivity index (χ0v) is 15.4. The monoisotopic (exact) mass is 355 g/mol. The molecule has 2 heterocycles. The molecule has 0 radical (unpaired) electrons. The Kier molecular flexibility index (Phi) is 5.61. The molecule has 6 heteroatoms. The van der Waals surface area contributed by atoms with Crippen LogP contribution in [0.2, 0.25) is 0 Å². The molecule has 0 unspecified atom stereocenters. The quantitative estimate of drug-likeness (QED) is 0.842. The van der Waals surface area contributed by atoms with Crippen LogP contribution in [0.3, 0.4) is 0 Å². The van der Waals surface area contributed by atoms with Gasteiger partial charge in [0.15, 0.2) is 0 Å². The number of methoxy groups -OCH3 is 1. The first kappa shape index (κ1) is 18.0. The van der Waals surface area contributed by atoms with Gasteiger partial charge in [0.2, 0.25) is 5.91 Å². The molecular weight excluding hydrogens is 330 g/mol. The molecule has 0 bridgehead atoms. The van der Waals surface area contributed by atoms with Gasteiger partial charge in [-0.2, -0.15) is 0 Å². The third kappa shape index (κ3) is 4.25. The van der Waals surface area contributed by atoms with Crippen molar-refractivity contribution in [2.24, 2.45) is 7.05 Å². The van der Waals surface area contributed by atoms with E-state index in [0.717, 1.165) is 17.7 Å². The number of benzene rings is 1. The van der Waals surface area contributed by atoms with Crippen LogP contribution >= 0.6 is 0 Å². The molecule has 138 valence electrons. The van der Waals surface area contributed by atoms with Gasteiger partial charge in [0.1, 0.15) is 5.75 Å². The maximum absolute atomic E-state index is 12.6. The molecule has 1 aliphatic heterocycles. The summed E-state index contributed by atoms with van der Waals surface area (Å²) >= 11 is 0. The van der Waals surface area contributed by atoms with Crippen LogP contribution in [0.4, 0.5) is 0 Å². The standard InChI is InChI=1S/C20H25N3O3/c1-21-10-7-17(15-21)20(25)23-9-4-8-22(11-12-23)19(24)14-16-5-3-6-18(13-16)26-2/h3,5-7,10,13,15H,4,8-9,11-12,14H2,1-2H3. The van der Waals surface area contributed by atoms with Crippen LogP contribution in [0, 0.1) is 0 Å². The Morgan fingerprint density at radius 2 is 1.85 bits per heavy atom. The van der Waals surface area contributed by atoms with Gasteiger partial charge in [0.25, 0.3) is 5.91 Å². The van der Waals surface area contributed by atoms with Crippen molar-refractivity contribution in [3.8, 4) is 5.75 Å². The number of rotatable bonds is 4. The van der Waals surface area contributed by atoms with E-state index in [1.807, 2.05) is 64.1 Å². The number of hydrogen-bond acceptors (Lipinski definition) is 3. The Balaban J connectivity index is 1.59. The van der Waals surface area contributed by atoms with Crippen molar-refractivity contribution in [2.75, 3.05) is 33.3 Å². The molecule has 6 nitrogen and oxygen atoms in total. The fraction of sp³-hybridized carbons (Fsp3) is 0.400. The summed E-state index contributed by atoms with van der Waals surface area (Å²) in [6, 6.07) is 9.42. The first-order valence-electron chi connectivity index (χ1n) is 8.89. The number of ether oxygens (including phenoxy) is 1. The first-order valence-corrected chi connectivity index (χ1v) is 8.89. The van der Waals surface area contributed by atoms with Crippen molar-refractivity contribution in [2.45, 2.75) is 12.8 Å². The molecule has 2 aromatic rings. The Morgan fingerprint density at radius 1 is 1.08 bits per heavy atom. The number of aromatic nitrogens is 1. The van der Waals surface area contributed by atoms with Gasteiger partial charge in [-0.25, -0.2) is 0 Å². The lowest BCUT2D eigenvalue weighted by molar-refractivity contribution is -0.130. The number of amides is 2. The van der Waals surface area contributed by atoms with Crippen molar-refractivity contribution < 1.29 is 14.3 Å². The Bertz CT molecular complexity index is 784. The predicted molar refractivity (Wildman–Crippen MR) is 99.2 cm³/mol. The van der Waals surface area contributed by atoms with Gasteiger partial charge in [-0.1, -0.05) is 12.1 Å². The molecule has 2 amide bonds. The van der Waals surface area contributed by atoms with Gasteiger partial charge in [0.05, 0.1) is 19.1 Å². The fourth-order valence-corrected chi connectivity index (χ4v) is 3.25. The lowest BCUT2D eigenvalue weighted by atomic mass is 10.1. The second-order valence-electron chi connectivity index (χ2n) is 6.62. The van der Waals surface area contributed by atoms with Gasteiger partial charge in [0, 0.05) is 45.6 Å². The second-order valence-corrected chi connectivity index (χ2v) is 6.62. The summed E-state index contributed by atoms with van der Waals surface area (Å²) in [6.07, 6.45) is 4.85. The van der Waals surface area contributed by atoms with Crippen LogP contribution in [0.25, 0.3) is 0 Å². The van der Waals surface area contributed by atoms with Gasteiger partial charge in [-0.15, -0.1) is 0 Å². The van der Waals surface area contributed by atoms with Crippen LogP contribution in [0.1, 0.15) is 22.3 Å². The summed E-state index contributed by atoms with van der Waals surface area (Å²) in [7, 11) is 3.52. The maximum Gasteiger partial charge on any atom is 0.255 e. The second kappa shape index (κ2) is 8.08. The molecule has 0 spiro atoms. The summed E-state index contributed by atoms with van der Waals surface area (Å²) in [6.45, 7) is 2.50. The lowest BCUT2D eigenvalue weighted by Gasteiger charge is -2.22. The van der Waals surface area contributed by atoms with Crippen molar-refractivity contribution >= 4 is 11.8 Å². The molecule has 1 aromatic heterocycles. The van der Waals surface area contributed by atoms with E-state index in [0.29, 0.717) is 38.2 Å². The lowest BCUT2D eigenvalue weighted by Crippen LogP contribution is -2.37.